The number of carbonyl (C=O) groups is 1. The maximum absolute atomic E-state index is 12.8. The van der Waals surface area contributed by atoms with Crippen molar-refractivity contribution in [3.63, 3.8) is 0 Å². The summed E-state index contributed by atoms with van der Waals surface area (Å²) in [5.74, 6) is -0.943. The molecular weight excluding hydrogens is 261 g/mol. The van der Waals surface area contributed by atoms with Crippen LogP contribution in [-0.4, -0.2) is 11.1 Å². The van der Waals surface area contributed by atoms with Gasteiger partial charge in [-0.25, -0.2) is 9.18 Å². The van der Waals surface area contributed by atoms with Gasteiger partial charge in [0.05, 0.1) is 23.8 Å². The minimum Gasteiger partial charge on any atom is -0.423 e. The van der Waals surface area contributed by atoms with Gasteiger partial charge in [-0.05, 0) is 42.5 Å². The molecule has 20 heavy (non-hydrogen) atoms. The fourth-order valence-electron chi connectivity index (χ4n) is 1.62. The molecule has 0 aliphatic rings. The second-order valence-corrected chi connectivity index (χ2v) is 3.99. The third-order valence-corrected chi connectivity index (χ3v) is 2.64. The summed E-state index contributed by atoms with van der Waals surface area (Å²) in [6, 6.07) is 11.2. The molecule has 0 bridgehead atoms. The normalized spacial score (nSPS) is 9.85. The van der Waals surface area contributed by atoms with Gasteiger partial charge in [0, 0.05) is 5.56 Å². The molecule has 0 aromatic heterocycles. The van der Waals surface area contributed by atoms with Crippen LogP contribution in [0.3, 0.4) is 0 Å². The van der Waals surface area contributed by atoms with Crippen LogP contribution >= 0.6 is 0 Å². The van der Waals surface area contributed by atoms with Gasteiger partial charge in [-0.15, -0.1) is 0 Å². The molecule has 5 heteroatoms. The van der Waals surface area contributed by atoms with Crippen molar-refractivity contribution in [2.75, 3.05) is 0 Å². The van der Waals surface area contributed by atoms with Crippen molar-refractivity contribution in [1.82, 2.24) is 0 Å². The minimum absolute atomic E-state index is 0.167. The average molecular weight is 271 g/mol. The highest BCUT2D eigenvalue weighted by Gasteiger charge is 2.12. The monoisotopic (exact) mass is 271 g/mol. The molecule has 0 unspecified atom stereocenters. The topological polar surface area (TPSA) is 70.3 Å². The first-order valence-electron chi connectivity index (χ1n) is 5.75. The molecule has 0 fully saturated rings. The lowest BCUT2D eigenvalue weighted by atomic mass is 10.1. The van der Waals surface area contributed by atoms with E-state index >= 15 is 0 Å². The molecule has 100 valence electrons. The van der Waals surface area contributed by atoms with Crippen molar-refractivity contribution in [3.8, 4) is 11.8 Å². The highest BCUT2D eigenvalue weighted by atomic mass is 19.1. The quantitative estimate of drug-likeness (QED) is 0.687. The van der Waals surface area contributed by atoms with Crippen LogP contribution in [-0.2, 0) is 6.61 Å². The number of nitrogens with zero attached hydrogens (tertiary/aromatic N) is 1. The third-order valence-electron chi connectivity index (χ3n) is 2.64. The van der Waals surface area contributed by atoms with Crippen molar-refractivity contribution in [3.05, 3.63) is 65.0 Å². The molecule has 0 saturated carbocycles. The van der Waals surface area contributed by atoms with E-state index in [0.717, 1.165) is 12.1 Å². The van der Waals surface area contributed by atoms with Crippen molar-refractivity contribution in [2.24, 2.45) is 0 Å². The van der Waals surface area contributed by atoms with Crippen LogP contribution in [0.4, 0.5) is 4.39 Å². The lowest BCUT2D eigenvalue weighted by molar-refractivity contribution is 0.0731. The number of hydrogen-bond acceptors (Lipinski definition) is 4. The van der Waals surface area contributed by atoms with Gasteiger partial charge in [0.15, 0.2) is 0 Å². The van der Waals surface area contributed by atoms with Gasteiger partial charge in [-0.3, -0.25) is 0 Å². The van der Waals surface area contributed by atoms with E-state index in [1.807, 2.05) is 6.07 Å². The number of benzene rings is 2. The summed E-state index contributed by atoms with van der Waals surface area (Å²) in [7, 11) is 0. The van der Waals surface area contributed by atoms with Crippen LogP contribution < -0.4 is 4.74 Å². The van der Waals surface area contributed by atoms with Gasteiger partial charge >= 0.3 is 5.97 Å². The molecule has 0 aliphatic carbocycles. The number of halogens is 1. The van der Waals surface area contributed by atoms with Crippen LogP contribution in [0.2, 0.25) is 0 Å². The minimum atomic E-state index is -0.663. The van der Waals surface area contributed by atoms with Crippen molar-refractivity contribution in [2.45, 2.75) is 6.61 Å². The maximum Gasteiger partial charge on any atom is 0.343 e. The Hall–Kier alpha value is -2.71. The zero-order valence-electron chi connectivity index (χ0n) is 10.3. The summed E-state index contributed by atoms with van der Waals surface area (Å²) in [6.07, 6.45) is 0. The van der Waals surface area contributed by atoms with E-state index in [0.29, 0.717) is 11.1 Å². The Morgan fingerprint density at radius 3 is 2.55 bits per heavy atom. The number of nitriles is 1. The molecule has 0 heterocycles. The first kappa shape index (κ1) is 13.7. The summed E-state index contributed by atoms with van der Waals surface area (Å²) >= 11 is 0. The lowest BCUT2D eigenvalue weighted by Crippen LogP contribution is -2.10. The lowest BCUT2D eigenvalue weighted by Gasteiger charge is -2.08. The Labute approximate surface area is 114 Å². The number of aliphatic hydroxyl groups excluding tert-OH is 1. The van der Waals surface area contributed by atoms with Gasteiger partial charge in [0.25, 0.3) is 0 Å². The van der Waals surface area contributed by atoms with Crippen molar-refractivity contribution in [1.29, 1.82) is 5.26 Å². The fraction of sp³-hybridized carbons (Fsp3) is 0.0667. The van der Waals surface area contributed by atoms with E-state index in [1.54, 1.807) is 0 Å². The van der Waals surface area contributed by atoms with Gasteiger partial charge < -0.3 is 9.84 Å². The predicted octanol–water partition coefficient (Wildman–Crippen LogP) is 2.41. The molecule has 4 nitrogen and oxygen atoms in total. The Bertz CT molecular complexity index is 675. The Balaban J connectivity index is 2.23. The number of ether oxygens (including phenoxy) is 1. The number of esters is 1. The van der Waals surface area contributed by atoms with Gasteiger partial charge in [-0.1, -0.05) is 0 Å². The van der Waals surface area contributed by atoms with Crippen LogP contribution in [0.25, 0.3) is 0 Å². The first-order valence-corrected chi connectivity index (χ1v) is 5.75. The highest BCUT2D eigenvalue weighted by Crippen LogP contribution is 2.21. The maximum atomic E-state index is 12.8. The van der Waals surface area contributed by atoms with E-state index in [4.69, 9.17) is 10.00 Å². The van der Waals surface area contributed by atoms with E-state index in [2.05, 4.69) is 0 Å². The average Bonchev–Trinajstić information content (AvgIpc) is 2.48. The number of hydrogen-bond donors (Lipinski definition) is 1. The molecule has 2 rings (SSSR count). The van der Waals surface area contributed by atoms with E-state index in [1.165, 1.54) is 30.3 Å². The SMILES string of the molecule is N#Cc1ccc(OC(=O)c2ccc(F)cc2)c(CO)c1. The van der Waals surface area contributed by atoms with Crippen LogP contribution in [0.15, 0.2) is 42.5 Å². The molecule has 0 aliphatic heterocycles. The first-order chi connectivity index (χ1) is 9.63. The highest BCUT2D eigenvalue weighted by molar-refractivity contribution is 5.91. The molecule has 0 amide bonds. The summed E-state index contributed by atoms with van der Waals surface area (Å²) in [5, 5.41) is 18.0. The third kappa shape index (κ3) is 2.99. The summed E-state index contributed by atoms with van der Waals surface area (Å²) in [6.45, 7) is -0.360. The summed E-state index contributed by atoms with van der Waals surface area (Å²) in [5.41, 5.74) is 0.884. The number of rotatable bonds is 3. The Morgan fingerprint density at radius 2 is 1.95 bits per heavy atom. The zero-order valence-corrected chi connectivity index (χ0v) is 10.3. The standard InChI is InChI=1S/C15H10FNO3/c16-13-4-2-11(3-5-13)15(19)20-14-6-1-10(8-17)7-12(14)9-18/h1-7,18H,9H2. The molecule has 0 saturated heterocycles. The van der Waals surface area contributed by atoms with Gasteiger partial charge in [0.1, 0.15) is 11.6 Å². The fourth-order valence-corrected chi connectivity index (χ4v) is 1.62. The molecule has 0 radical (unpaired) electrons. The molecule has 2 aromatic rings. The van der Waals surface area contributed by atoms with Gasteiger partial charge in [0.2, 0.25) is 0 Å². The van der Waals surface area contributed by atoms with E-state index in [9.17, 15) is 14.3 Å². The molecule has 2 aromatic carbocycles. The Kier molecular flexibility index (Phi) is 4.08. The van der Waals surface area contributed by atoms with Gasteiger partial charge in [-0.2, -0.15) is 5.26 Å². The Morgan fingerprint density at radius 1 is 1.25 bits per heavy atom. The van der Waals surface area contributed by atoms with E-state index < -0.39 is 11.8 Å². The second kappa shape index (κ2) is 5.95. The van der Waals surface area contributed by atoms with Crippen LogP contribution in [0.5, 0.6) is 5.75 Å². The predicted molar refractivity (Wildman–Crippen MR) is 68.4 cm³/mol. The van der Waals surface area contributed by atoms with Crippen LogP contribution in [0.1, 0.15) is 21.5 Å². The summed E-state index contributed by atoms with van der Waals surface area (Å²) in [4.78, 5) is 11.9. The summed E-state index contributed by atoms with van der Waals surface area (Å²) < 4.78 is 17.9. The van der Waals surface area contributed by atoms with Crippen LogP contribution in [0, 0.1) is 17.1 Å². The molecular formula is C15H10FNO3. The molecule has 0 atom stereocenters. The smallest absolute Gasteiger partial charge is 0.343 e. The molecule has 0 spiro atoms. The molecule has 1 N–H and O–H groups in total. The number of aliphatic hydroxyl groups is 1. The second-order valence-electron chi connectivity index (χ2n) is 3.99. The van der Waals surface area contributed by atoms with Crippen molar-refractivity contribution >= 4 is 5.97 Å². The van der Waals surface area contributed by atoms with Crippen molar-refractivity contribution < 1.29 is 19.0 Å². The largest absolute Gasteiger partial charge is 0.423 e. The van der Waals surface area contributed by atoms with E-state index in [-0.39, 0.29) is 17.9 Å². The zero-order chi connectivity index (χ0) is 14.5. The number of carbonyl (C=O) groups excluding carboxylic acids is 1.